The van der Waals surface area contributed by atoms with Crippen LogP contribution in [0.4, 0.5) is 0 Å². The lowest BCUT2D eigenvalue weighted by Crippen LogP contribution is -2.41. The summed E-state index contributed by atoms with van der Waals surface area (Å²) in [4.78, 5) is 27.2. The minimum atomic E-state index is -0.419. The Morgan fingerprint density at radius 3 is 2.38 bits per heavy atom. The summed E-state index contributed by atoms with van der Waals surface area (Å²) >= 11 is 6.01. The molecule has 0 amide bonds. The Labute approximate surface area is 131 Å². The summed E-state index contributed by atoms with van der Waals surface area (Å²) in [5.74, 6) is -0.0173. The summed E-state index contributed by atoms with van der Waals surface area (Å²) in [5.41, 5.74) is -0.283. The summed E-state index contributed by atoms with van der Waals surface area (Å²) in [7, 11) is 0. The average molecular weight is 315 g/mol. The third kappa shape index (κ3) is 4.73. The molecule has 0 fully saturated rings. The van der Waals surface area contributed by atoms with Gasteiger partial charge in [0.25, 0.3) is 5.56 Å². The molecule has 0 spiro atoms. The second kappa shape index (κ2) is 7.30. The molecule has 0 radical (unpaired) electrons. The number of H-pyrrole nitrogens is 1. The molecule has 0 aliphatic heterocycles. The highest BCUT2D eigenvalue weighted by atomic mass is 35.5. The van der Waals surface area contributed by atoms with Crippen LogP contribution in [0.25, 0.3) is 0 Å². The molecule has 4 nitrogen and oxygen atoms in total. The van der Waals surface area contributed by atoms with Crippen molar-refractivity contribution in [2.24, 2.45) is 5.41 Å². The van der Waals surface area contributed by atoms with Crippen molar-refractivity contribution in [1.29, 1.82) is 0 Å². The normalized spacial score (nSPS) is 12.1. The van der Waals surface area contributed by atoms with Gasteiger partial charge in [0.1, 0.15) is 5.15 Å². The lowest BCUT2D eigenvalue weighted by atomic mass is 9.86. The predicted octanol–water partition coefficient (Wildman–Crippen LogP) is 3.92. The van der Waals surface area contributed by atoms with Gasteiger partial charge in [-0.3, -0.25) is 14.3 Å². The topological polar surface area (TPSA) is 54.9 Å². The van der Waals surface area contributed by atoms with E-state index in [1.807, 2.05) is 13.8 Å². The Bertz CT molecular complexity index is 585. The van der Waals surface area contributed by atoms with E-state index in [1.165, 1.54) is 11.0 Å². The van der Waals surface area contributed by atoms with E-state index in [2.05, 4.69) is 25.8 Å². The zero-order valence-corrected chi connectivity index (χ0v) is 14.5. The number of unbranched alkanes of at least 4 members (excludes halogenated alkanes) is 2. The first-order chi connectivity index (χ1) is 9.69. The lowest BCUT2D eigenvalue weighted by Gasteiger charge is -2.25. The van der Waals surface area contributed by atoms with Gasteiger partial charge in [0.2, 0.25) is 0 Å². The van der Waals surface area contributed by atoms with Crippen LogP contribution in [0, 0.1) is 5.41 Å². The highest BCUT2D eigenvalue weighted by Crippen LogP contribution is 2.25. The van der Waals surface area contributed by atoms with Crippen LogP contribution in [0.5, 0.6) is 0 Å². The van der Waals surface area contributed by atoms with Crippen LogP contribution in [0.15, 0.2) is 9.59 Å². The van der Waals surface area contributed by atoms with E-state index >= 15 is 0 Å². The highest BCUT2D eigenvalue weighted by molar-refractivity contribution is 6.30. The maximum atomic E-state index is 12.5. The SMILES string of the molecule is CCCCCC(C)(C)Cn1c(=O)[nH]c(Cl)c(C(C)C)c1=O. The molecule has 1 aromatic heterocycles. The smallest absolute Gasteiger partial charge is 0.297 e. The molecular formula is C16H27ClN2O2. The number of nitrogens with zero attached hydrogens (tertiary/aromatic N) is 1. The van der Waals surface area contributed by atoms with E-state index in [-0.39, 0.29) is 22.0 Å². The van der Waals surface area contributed by atoms with Gasteiger partial charge in [0.05, 0.1) is 5.56 Å². The first-order valence-electron chi connectivity index (χ1n) is 7.72. The van der Waals surface area contributed by atoms with Gasteiger partial charge in [-0.05, 0) is 17.8 Å². The summed E-state index contributed by atoms with van der Waals surface area (Å²) in [6.07, 6.45) is 4.44. The molecule has 1 N–H and O–H groups in total. The molecule has 0 unspecified atom stereocenters. The predicted molar refractivity (Wildman–Crippen MR) is 88.3 cm³/mol. The monoisotopic (exact) mass is 314 g/mol. The van der Waals surface area contributed by atoms with Gasteiger partial charge in [-0.15, -0.1) is 0 Å². The second-order valence-corrected chi connectivity index (χ2v) is 7.20. The number of nitrogens with one attached hydrogen (secondary N) is 1. The van der Waals surface area contributed by atoms with Crippen molar-refractivity contribution in [3.8, 4) is 0 Å². The van der Waals surface area contributed by atoms with Gasteiger partial charge >= 0.3 is 5.69 Å². The fourth-order valence-electron chi connectivity index (χ4n) is 2.56. The van der Waals surface area contributed by atoms with Crippen LogP contribution < -0.4 is 11.2 Å². The Morgan fingerprint density at radius 2 is 1.86 bits per heavy atom. The Balaban J connectivity index is 3.11. The molecule has 0 saturated heterocycles. The third-order valence-electron chi connectivity index (χ3n) is 3.79. The van der Waals surface area contributed by atoms with E-state index in [4.69, 9.17) is 11.6 Å². The molecule has 0 aromatic carbocycles. The van der Waals surface area contributed by atoms with Gasteiger partial charge in [-0.25, -0.2) is 4.79 Å². The van der Waals surface area contributed by atoms with Gasteiger partial charge in [-0.1, -0.05) is 65.5 Å². The minimum absolute atomic E-state index is 0.0173. The fraction of sp³-hybridized carbons (Fsp3) is 0.750. The molecule has 1 heterocycles. The van der Waals surface area contributed by atoms with Crippen molar-refractivity contribution in [2.75, 3.05) is 0 Å². The molecule has 0 aliphatic rings. The van der Waals surface area contributed by atoms with Gasteiger partial charge in [0.15, 0.2) is 0 Å². The van der Waals surface area contributed by atoms with Crippen LogP contribution in [-0.4, -0.2) is 9.55 Å². The quantitative estimate of drug-likeness (QED) is 0.612. The number of aromatic amines is 1. The Morgan fingerprint density at radius 1 is 1.24 bits per heavy atom. The molecule has 0 bridgehead atoms. The van der Waals surface area contributed by atoms with Gasteiger partial charge in [0, 0.05) is 6.54 Å². The zero-order chi connectivity index (χ0) is 16.2. The van der Waals surface area contributed by atoms with E-state index in [0.29, 0.717) is 12.1 Å². The molecule has 120 valence electrons. The molecule has 5 heteroatoms. The molecule has 0 saturated carbocycles. The molecular weight excluding hydrogens is 288 g/mol. The van der Waals surface area contributed by atoms with Crippen molar-refractivity contribution in [3.05, 3.63) is 31.6 Å². The first kappa shape index (κ1) is 18.0. The van der Waals surface area contributed by atoms with Crippen molar-refractivity contribution < 1.29 is 0 Å². The number of hydrogen-bond donors (Lipinski definition) is 1. The zero-order valence-electron chi connectivity index (χ0n) is 13.8. The summed E-state index contributed by atoms with van der Waals surface area (Å²) in [5, 5.41) is 0.167. The lowest BCUT2D eigenvalue weighted by molar-refractivity contribution is 0.262. The van der Waals surface area contributed by atoms with Crippen molar-refractivity contribution in [2.45, 2.75) is 72.8 Å². The first-order valence-corrected chi connectivity index (χ1v) is 8.10. The highest BCUT2D eigenvalue weighted by Gasteiger charge is 2.23. The second-order valence-electron chi connectivity index (χ2n) is 6.83. The Kier molecular flexibility index (Phi) is 6.26. The maximum Gasteiger partial charge on any atom is 0.329 e. The van der Waals surface area contributed by atoms with E-state index in [9.17, 15) is 9.59 Å². The number of aromatic nitrogens is 2. The Hall–Kier alpha value is -1.03. The van der Waals surface area contributed by atoms with Crippen LogP contribution in [0.2, 0.25) is 5.15 Å². The van der Waals surface area contributed by atoms with E-state index in [0.717, 1.165) is 19.3 Å². The molecule has 1 rings (SSSR count). The summed E-state index contributed by atoms with van der Waals surface area (Å²) in [6.45, 7) is 10.6. The van der Waals surface area contributed by atoms with Crippen LogP contribution in [0.1, 0.15) is 71.8 Å². The number of hydrogen-bond acceptors (Lipinski definition) is 2. The largest absolute Gasteiger partial charge is 0.329 e. The average Bonchev–Trinajstić information content (AvgIpc) is 2.34. The summed E-state index contributed by atoms with van der Waals surface area (Å²) in [6, 6.07) is 0. The summed E-state index contributed by atoms with van der Waals surface area (Å²) < 4.78 is 1.30. The number of rotatable bonds is 7. The van der Waals surface area contributed by atoms with Gasteiger partial charge < -0.3 is 0 Å². The number of halogens is 1. The maximum absolute atomic E-state index is 12.5. The molecule has 21 heavy (non-hydrogen) atoms. The molecule has 0 atom stereocenters. The fourth-order valence-corrected chi connectivity index (χ4v) is 2.94. The van der Waals surface area contributed by atoms with E-state index in [1.54, 1.807) is 0 Å². The van der Waals surface area contributed by atoms with Gasteiger partial charge in [-0.2, -0.15) is 0 Å². The molecule has 1 aromatic rings. The molecule has 0 aliphatic carbocycles. The van der Waals surface area contributed by atoms with Crippen molar-refractivity contribution in [3.63, 3.8) is 0 Å². The van der Waals surface area contributed by atoms with Crippen molar-refractivity contribution >= 4 is 11.6 Å². The standard InChI is InChI=1S/C16H27ClN2O2/c1-6-7-8-9-16(4,5)10-19-14(20)12(11(2)3)13(17)18-15(19)21/h11H,6-10H2,1-5H3,(H,18,21). The van der Waals surface area contributed by atoms with Crippen molar-refractivity contribution in [1.82, 2.24) is 9.55 Å². The third-order valence-corrected chi connectivity index (χ3v) is 4.09. The minimum Gasteiger partial charge on any atom is -0.297 e. The van der Waals surface area contributed by atoms with Crippen LogP contribution in [-0.2, 0) is 6.54 Å². The van der Waals surface area contributed by atoms with Crippen LogP contribution in [0.3, 0.4) is 0 Å². The van der Waals surface area contributed by atoms with Crippen LogP contribution >= 0.6 is 11.6 Å². The van der Waals surface area contributed by atoms with E-state index < -0.39 is 5.69 Å².